The maximum atomic E-state index is 12.0. The van der Waals surface area contributed by atoms with E-state index >= 15 is 0 Å². The Kier molecular flexibility index (Phi) is 3.70. The van der Waals surface area contributed by atoms with E-state index in [1.165, 1.54) is 12.1 Å². The molecule has 1 unspecified atom stereocenters. The Balaban J connectivity index is 2.29. The zero-order valence-electron chi connectivity index (χ0n) is 11.2. The van der Waals surface area contributed by atoms with E-state index in [0.717, 1.165) is 0 Å². The van der Waals surface area contributed by atoms with E-state index in [4.69, 9.17) is 11.6 Å². The number of benzene rings is 2. The number of fused-ring (bicyclic) bond motifs is 1. The van der Waals surface area contributed by atoms with Crippen molar-refractivity contribution in [3.8, 4) is 0 Å². The highest BCUT2D eigenvalue weighted by Crippen LogP contribution is 2.30. The average Bonchev–Trinajstić information content (AvgIpc) is 2.64. The molecule has 1 aliphatic heterocycles. The number of nitrogens with zero attached hydrogens (tertiary/aromatic N) is 3. The molecular formula is C15H10ClN3O3. The third kappa shape index (κ3) is 2.38. The summed E-state index contributed by atoms with van der Waals surface area (Å²) in [5.41, 5.74) is 1.72. The Bertz CT molecular complexity index is 777. The predicted octanol–water partition coefficient (Wildman–Crippen LogP) is 2.52. The lowest BCUT2D eigenvalue weighted by molar-refractivity contribution is -0.126. The van der Waals surface area contributed by atoms with Gasteiger partial charge in [0, 0.05) is 16.1 Å². The van der Waals surface area contributed by atoms with Crippen LogP contribution in [0.25, 0.3) is 0 Å². The fourth-order valence-electron chi connectivity index (χ4n) is 2.27. The summed E-state index contributed by atoms with van der Waals surface area (Å²) in [6, 6.07) is 13.6. The van der Waals surface area contributed by atoms with E-state index in [9.17, 15) is 14.8 Å². The van der Waals surface area contributed by atoms with Gasteiger partial charge in [0.2, 0.25) is 6.23 Å². The molecule has 0 bridgehead atoms. The van der Waals surface area contributed by atoms with Crippen molar-refractivity contribution >= 4 is 28.9 Å². The van der Waals surface area contributed by atoms with Gasteiger partial charge in [0.1, 0.15) is 0 Å². The highest BCUT2D eigenvalue weighted by atomic mass is 35.5. The Hall–Kier alpha value is -2.57. The summed E-state index contributed by atoms with van der Waals surface area (Å²) < 4.78 is 0. The van der Waals surface area contributed by atoms with Gasteiger partial charge in [-0.25, -0.2) is 4.99 Å². The lowest BCUT2D eigenvalue weighted by Crippen LogP contribution is -2.33. The molecule has 1 atom stereocenters. The van der Waals surface area contributed by atoms with E-state index < -0.39 is 12.1 Å². The minimum Gasteiger partial charge on any atom is -0.364 e. The number of halogens is 1. The molecular weight excluding hydrogens is 306 g/mol. The van der Waals surface area contributed by atoms with Crippen LogP contribution in [0.2, 0.25) is 5.02 Å². The molecule has 22 heavy (non-hydrogen) atoms. The maximum absolute atomic E-state index is 12.0. The number of amides is 1. The second-order valence-electron chi connectivity index (χ2n) is 4.61. The van der Waals surface area contributed by atoms with Gasteiger partial charge in [-0.3, -0.25) is 4.79 Å². The van der Waals surface area contributed by atoms with Gasteiger partial charge in [-0.2, -0.15) is 5.01 Å². The Morgan fingerprint density at radius 3 is 2.59 bits per heavy atom. The number of aliphatic hydroxyl groups is 1. The molecule has 2 aromatic carbocycles. The predicted molar refractivity (Wildman–Crippen MR) is 82.8 cm³/mol. The standard InChI is InChI=1S/C15H10ClN3O3/c16-10-6-7-12-11(8-10)13(9-4-2-1-3-5-9)17-14(20)15(21)19(12)18-22/h1-8,14,20H. The van der Waals surface area contributed by atoms with E-state index in [1.54, 1.807) is 30.3 Å². The summed E-state index contributed by atoms with van der Waals surface area (Å²) >= 11 is 6.02. The fourth-order valence-corrected chi connectivity index (χ4v) is 2.44. The Morgan fingerprint density at radius 2 is 1.91 bits per heavy atom. The lowest BCUT2D eigenvalue weighted by atomic mass is 10.0. The van der Waals surface area contributed by atoms with E-state index in [2.05, 4.69) is 10.3 Å². The first-order valence-electron chi connectivity index (χ1n) is 6.40. The molecule has 0 fully saturated rings. The van der Waals surface area contributed by atoms with Gasteiger partial charge >= 0.3 is 5.91 Å². The molecule has 1 amide bonds. The van der Waals surface area contributed by atoms with Crippen LogP contribution in [0.1, 0.15) is 11.1 Å². The topological polar surface area (TPSA) is 82.3 Å². The van der Waals surface area contributed by atoms with Crippen LogP contribution in [0.4, 0.5) is 5.69 Å². The highest BCUT2D eigenvalue weighted by molar-refractivity contribution is 6.32. The van der Waals surface area contributed by atoms with Gasteiger partial charge < -0.3 is 5.11 Å². The third-order valence-electron chi connectivity index (χ3n) is 3.25. The van der Waals surface area contributed by atoms with Crippen LogP contribution in [0.15, 0.2) is 58.8 Å². The Labute approximate surface area is 130 Å². The second kappa shape index (κ2) is 5.67. The lowest BCUT2D eigenvalue weighted by Gasteiger charge is -2.15. The number of carbonyl (C=O) groups excluding carboxylic acids is 1. The molecule has 110 valence electrons. The third-order valence-corrected chi connectivity index (χ3v) is 3.49. The number of carbonyl (C=O) groups is 1. The fraction of sp³-hybridized carbons (Fsp3) is 0.0667. The largest absolute Gasteiger partial charge is 0.364 e. The molecule has 3 rings (SSSR count). The monoisotopic (exact) mass is 315 g/mol. The SMILES string of the molecule is O=NN1C(=O)C(O)N=C(c2ccccc2)c2cc(Cl)ccc21. The van der Waals surface area contributed by atoms with Crippen molar-refractivity contribution in [1.82, 2.24) is 0 Å². The summed E-state index contributed by atoms with van der Waals surface area (Å²) in [7, 11) is 0. The molecule has 0 aliphatic carbocycles. The van der Waals surface area contributed by atoms with Crippen LogP contribution >= 0.6 is 11.6 Å². The molecule has 6 nitrogen and oxygen atoms in total. The van der Waals surface area contributed by atoms with Crippen molar-refractivity contribution in [2.75, 3.05) is 5.01 Å². The van der Waals surface area contributed by atoms with Crippen molar-refractivity contribution in [3.05, 3.63) is 69.6 Å². The summed E-state index contributed by atoms with van der Waals surface area (Å²) in [6.45, 7) is 0. The van der Waals surface area contributed by atoms with Crippen LogP contribution in [-0.2, 0) is 4.79 Å². The molecule has 1 heterocycles. The number of benzodiazepines with no additional fused rings is 1. The second-order valence-corrected chi connectivity index (χ2v) is 5.05. The van der Waals surface area contributed by atoms with Gasteiger partial charge in [-0.15, -0.1) is 4.91 Å². The number of aliphatic hydroxyl groups excluding tert-OH is 1. The highest BCUT2D eigenvalue weighted by Gasteiger charge is 2.32. The van der Waals surface area contributed by atoms with Crippen LogP contribution in [0, 0.1) is 4.91 Å². The van der Waals surface area contributed by atoms with Crippen molar-refractivity contribution in [3.63, 3.8) is 0 Å². The normalized spacial score (nSPS) is 17.5. The van der Waals surface area contributed by atoms with Gasteiger partial charge in [0.05, 0.1) is 16.7 Å². The molecule has 0 radical (unpaired) electrons. The van der Waals surface area contributed by atoms with E-state index in [1.807, 2.05) is 6.07 Å². The number of anilines is 1. The number of hydrogen-bond donors (Lipinski definition) is 1. The van der Waals surface area contributed by atoms with Gasteiger partial charge in [0.25, 0.3) is 0 Å². The van der Waals surface area contributed by atoms with Gasteiger partial charge in [0.15, 0.2) is 0 Å². The van der Waals surface area contributed by atoms with E-state index in [0.29, 0.717) is 26.9 Å². The van der Waals surface area contributed by atoms with Crippen LogP contribution in [-0.4, -0.2) is 23.0 Å². The van der Waals surface area contributed by atoms with Crippen LogP contribution in [0.5, 0.6) is 0 Å². The maximum Gasteiger partial charge on any atom is 0.301 e. The molecule has 0 aromatic heterocycles. The zero-order valence-corrected chi connectivity index (χ0v) is 11.9. The quantitative estimate of drug-likeness (QED) is 0.864. The summed E-state index contributed by atoms with van der Waals surface area (Å²) in [5.74, 6) is -0.912. The van der Waals surface area contributed by atoms with E-state index in [-0.39, 0.29) is 5.69 Å². The van der Waals surface area contributed by atoms with Crippen molar-refractivity contribution in [2.45, 2.75) is 6.23 Å². The average molecular weight is 316 g/mol. The number of hydrogen-bond acceptors (Lipinski definition) is 5. The summed E-state index contributed by atoms with van der Waals surface area (Å²) in [6.07, 6.45) is -1.71. The summed E-state index contributed by atoms with van der Waals surface area (Å²) in [4.78, 5) is 27.1. The Morgan fingerprint density at radius 1 is 1.18 bits per heavy atom. The molecule has 2 aromatic rings. The van der Waals surface area contributed by atoms with Crippen LogP contribution < -0.4 is 5.01 Å². The van der Waals surface area contributed by atoms with Crippen molar-refractivity contribution < 1.29 is 9.90 Å². The molecule has 1 N–H and O–H groups in total. The first-order chi connectivity index (χ1) is 10.6. The number of rotatable bonds is 2. The van der Waals surface area contributed by atoms with Crippen molar-refractivity contribution in [2.24, 2.45) is 10.3 Å². The van der Waals surface area contributed by atoms with Gasteiger partial charge in [-0.05, 0) is 18.2 Å². The number of aliphatic imine (C=N–C) groups is 1. The van der Waals surface area contributed by atoms with Crippen molar-refractivity contribution in [1.29, 1.82) is 0 Å². The first kappa shape index (κ1) is 14.4. The molecule has 0 saturated heterocycles. The molecule has 1 aliphatic rings. The minimum absolute atomic E-state index is 0.226. The minimum atomic E-state index is -1.71. The van der Waals surface area contributed by atoms with Crippen LogP contribution in [0.3, 0.4) is 0 Å². The zero-order chi connectivity index (χ0) is 15.7. The molecule has 0 saturated carbocycles. The number of nitroso groups, excluding NO2 is 1. The first-order valence-corrected chi connectivity index (χ1v) is 6.78. The molecule has 7 heteroatoms. The van der Waals surface area contributed by atoms with Gasteiger partial charge in [-0.1, -0.05) is 41.9 Å². The smallest absolute Gasteiger partial charge is 0.301 e. The summed E-state index contributed by atoms with van der Waals surface area (Å²) in [5, 5.41) is 13.6. The molecule has 0 spiro atoms.